The highest BCUT2D eigenvalue weighted by Gasteiger charge is 2.16. The second kappa shape index (κ2) is 6.91. The third-order valence-corrected chi connectivity index (χ3v) is 4.39. The van der Waals surface area contributed by atoms with Crippen molar-refractivity contribution < 1.29 is 8.42 Å². The first kappa shape index (κ1) is 16.0. The van der Waals surface area contributed by atoms with Gasteiger partial charge in [-0.05, 0) is 31.0 Å². The molecule has 0 aliphatic rings. The number of benzene rings is 1. The van der Waals surface area contributed by atoms with Gasteiger partial charge in [0.2, 0.25) is 10.0 Å². The molecule has 19 heavy (non-hydrogen) atoms. The first-order valence-electron chi connectivity index (χ1n) is 6.68. The molecule has 0 heterocycles. The van der Waals surface area contributed by atoms with Gasteiger partial charge < -0.3 is 5.32 Å². The van der Waals surface area contributed by atoms with Crippen LogP contribution in [0.4, 0.5) is 5.69 Å². The van der Waals surface area contributed by atoms with Crippen LogP contribution >= 0.6 is 0 Å². The number of hydrogen-bond acceptors (Lipinski definition) is 3. The van der Waals surface area contributed by atoms with Crippen LogP contribution in [0.3, 0.4) is 0 Å². The van der Waals surface area contributed by atoms with Gasteiger partial charge in [0.05, 0.1) is 11.4 Å². The van der Waals surface area contributed by atoms with E-state index in [2.05, 4.69) is 10.0 Å². The Morgan fingerprint density at radius 1 is 1.16 bits per heavy atom. The summed E-state index contributed by atoms with van der Waals surface area (Å²) in [6.45, 7) is 8.69. The third-order valence-electron chi connectivity index (χ3n) is 2.76. The second-order valence-electron chi connectivity index (χ2n) is 5.14. The van der Waals surface area contributed by atoms with E-state index < -0.39 is 10.0 Å². The highest BCUT2D eigenvalue weighted by atomic mass is 32.2. The lowest BCUT2D eigenvalue weighted by Crippen LogP contribution is -2.23. The molecular weight excluding hydrogens is 260 g/mol. The van der Waals surface area contributed by atoms with E-state index in [1.807, 2.05) is 45.9 Å². The van der Waals surface area contributed by atoms with Crippen molar-refractivity contribution in [2.45, 2.75) is 33.7 Å². The minimum atomic E-state index is -3.28. The summed E-state index contributed by atoms with van der Waals surface area (Å²) in [5, 5.41) is 3.29. The first-order chi connectivity index (χ1) is 8.85. The van der Waals surface area contributed by atoms with Crippen LogP contribution in [0.15, 0.2) is 24.3 Å². The van der Waals surface area contributed by atoms with Crippen LogP contribution in [0.2, 0.25) is 0 Å². The Labute approximate surface area is 116 Å². The summed E-state index contributed by atoms with van der Waals surface area (Å²) >= 11 is 0. The molecule has 0 radical (unpaired) electrons. The van der Waals surface area contributed by atoms with E-state index in [0.29, 0.717) is 5.69 Å². The van der Waals surface area contributed by atoms with Crippen LogP contribution in [0.1, 0.15) is 39.3 Å². The predicted molar refractivity (Wildman–Crippen MR) is 80.8 cm³/mol. The van der Waals surface area contributed by atoms with Gasteiger partial charge in [0.1, 0.15) is 0 Å². The van der Waals surface area contributed by atoms with Gasteiger partial charge in [-0.3, -0.25) is 4.72 Å². The predicted octanol–water partition coefficient (Wildman–Crippen LogP) is 2.75. The summed E-state index contributed by atoms with van der Waals surface area (Å²) in [5.74, 6) is 0.243. The van der Waals surface area contributed by atoms with E-state index in [1.54, 1.807) is 6.07 Å². The van der Waals surface area contributed by atoms with Gasteiger partial charge in [0, 0.05) is 6.04 Å². The van der Waals surface area contributed by atoms with Crippen molar-refractivity contribution in [2.75, 3.05) is 17.0 Å². The maximum atomic E-state index is 12.0. The quantitative estimate of drug-likeness (QED) is 0.809. The Bertz CT molecular complexity index is 498. The molecular formula is C14H24N2O2S. The van der Waals surface area contributed by atoms with Gasteiger partial charge in [0.25, 0.3) is 0 Å². The average Bonchev–Trinajstić information content (AvgIpc) is 2.27. The molecule has 0 bridgehead atoms. The standard InChI is InChI=1S/C14H24N2O2S/c1-5-15-12(4)13-8-6-7-9-14(13)16-19(17,18)10-11(2)3/h6-9,11-12,15-16H,5,10H2,1-4H3. The normalized spacial score (nSPS) is 13.5. The Morgan fingerprint density at radius 2 is 1.79 bits per heavy atom. The van der Waals surface area contributed by atoms with Crippen LogP contribution in [-0.4, -0.2) is 20.7 Å². The summed E-state index contributed by atoms with van der Waals surface area (Å²) in [5.41, 5.74) is 1.63. The van der Waals surface area contributed by atoms with Gasteiger partial charge in [-0.1, -0.05) is 39.0 Å². The molecule has 5 heteroatoms. The van der Waals surface area contributed by atoms with Gasteiger partial charge in [0.15, 0.2) is 0 Å². The molecule has 1 atom stereocenters. The van der Waals surface area contributed by atoms with Crippen molar-refractivity contribution in [1.29, 1.82) is 0 Å². The van der Waals surface area contributed by atoms with Crippen LogP contribution in [0.25, 0.3) is 0 Å². The van der Waals surface area contributed by atoms with Crippen LogP contribution < -0.4 is 10.0 Å². The lowest BCUT2D eigenvalue weighted by atomic mass is 10.1. The molecule has 0 aliphatic carbocycles. The second-order valence-corrected chi connectivity index (χ2v) is 6.91. The largest absolute Gasteiger partial charge is 0.310 e. The monoisotopic (exact) mass is 284 g/mol. The maximum absolute atomic E-state index is 12.0. The maximum Gasteiger partial charge on any atom is 0.232 e. The molecule has 0 spiro atoms. The van der Waals surface area contributed by atoms with E-state index in [0.717, 1.165) is 12.1 Å². The number of para-hydroxylation sites is 1. The van der Waals surface area contributed by atoms with Gasteiger partial charge >= 0.3 is 0 Å². The molecule has 0 aromatic heterocycles. The molecule has 4 nitrogen and oxygen atoms in total. The van der Waals surface area contributed by atoms with E-state index in [4.69, 9.17) is 0 Å². The third kappa shape index (κ3) is 5.20. The average molecular weight is 284 g/mol. The highest BCUT2D eigenvalue weighted by molar-refractivity contribution is 7.92. The van der Waals surface area contributed by atoms with E-state index in [1.165, 1.54) is 0 Å². The van der Waals surface area contributed by atoms with E-state index in [9.17, 15) is 8.42 Å². The molecule has 0 aliphatic heterocycles. The van der Waals surface area contributed by atoms with E-state index in [-0.39, 0.29) is 17.7 Å². The van der Waals surface area contributed by atoms with Crippen molar-refractivity contribution in [3.8, 4) is 0 Å². The van der Waals surface area contributed by atoms with Gasteiger partial charge in [-0.25, -0.2) is 8.42 Å². The molecule has 1 aromatic rings. The zero-order valence-corrected chi connectivity index (χ0v) is 12.9. The Morgan fingerprint density at radius 3 is 2.37 bits per heavy atom. The summed E-state index contributed by atoms with van der Waals surface area (Å²) in [4.78, 5) is 0. The van der Waals surface area contributed by atoms with E-state index >= 15 is 0 Å². The van der Waals surface area contributed by atoms with Crippen LogP contribution in [0, 0.1) is 5.92 Å². The van der Waals surface area contributed by atoms with Crippen molar-refractivity contribution >= 4 is 15.7 Å². The SMILES string of the molecule is CCNC(C)c1ccccc1NS(=O)(=O)CC(C)C. The van der Waals surface area contributed by atoms with Crippen molar-refractivity contribution in [3.05, 3.63) is 29.8 Å². The zero-order valence-electron chi connectivity index (χ0n) is 12.1. The van der Waals surface area contributed by atoms with Crippen molar-refractivity contribution in [3.63, 3.8) is 0 Å². The minimum absolute atomic E-state index is 0.107. The lowest BCUT2D eigenvalue weighted by molar-refractivity contribution is 0.586. The number of rotatable bonds is 7. The summed E-state index contributed by atoms with van der Waals surface area (Å²) < 4.78 is 26.7. The molecule has 108 valence electrons. The van der Waals surface area contributed by atoms with Crippen LogP contribution in [-0.2, 0) is 10.0 Å². The number of hydrogen-bond donors (Lipinski definition) is 2. The Kier molecular flexibility index (Phi) is 5.82. The van der Waals surface area contributed by atoms with Gasteiger partial charge in [-0.2, -0.15) is 0 Å². The molecule has 0 amide bonds. The lowest BCUT2D eigenvalue weighted by Gasteiger charge is -2.18. The molecule has 0 saturated heterocycles. The summed E-state index contributed by atoms with van der Waals surface area (Å²) in [6.07, 6.45) is 0. The van der Waals surface area contributed by atoms with Crippen molar-refractivity contribution in [1.82, 2.24) is 5.32 Å². The van der Waals surface area contributed by atoms with Gasteiger partial charge in [-0.15, -0.1) is 0 Å². The zero-order chi connectivity index (χ0) is 14.5. The van der Waals surface area contributed by atoms with Crippen LogP contribution in [0.5, 0.6) is 0 Å². The fourth-order valence-electron chi connectivity index (χ4n) is 2.03. The summed E-state index contributed by atoms with van der Waals surface area (Å²) in [7, 11) is -3.28. The molecule has 0 fully saturated rings. The van der Waals surface area contributed by atoms with Crippen molar-refractivity contribution in [2.24, 2.45) is 5.92 Å². The molecule has 1 rings (SSSR count). The number of sulfonamides is 1. The fraction of sp³-hybridized carbons (Fsp3) is 0.571. The smallest absolute Gasteiger partial charge is 0.232 e. The molecule has 2 N–H and O–H groups in total. The topological polar surface area (TPSA) is 58.2 Å². The Balaban J connectivity index is 2.95. The fourth-order valence-corrected chi connectivity index (χ4v) is 3.51. The minimum Gasteiger partial charge on any atom is -0.310 e. The number of nitrogens with one attached hydrogen (secondary N) is 2. The summed E-state index contributed by atoms with van der Waals surface area (Å²) in [6, 6.07) is 7.63. The number of anilines is 1. The molecule has 0 saturated carbocycles. The Hall–Kier alpha value is -1.07. The molecule has 1 aromatic carbocycles. The first-order valence-corrected chi connectivity index (χ1v) is 8.33. The highest BCUT2D eigenvalue weighted by Crippen LogP contribution is 2.23. The molecule has 1 unspecified atom stereocenters.